The maximum absolute atomic E-state index is 12.5. The van der Waals surface area contributed by atoms with Crippen molar-refractivity contribution < 1.29 is 9.21 Å². The predicted molar refractivity (Wildman–Crippen MR) is 106 cm³/mol. The van der Waals surface area contributed by atoms with Crippen LogP contribution in [-0.4, -0.2) is 34.2 Å². The second-order valence-corrected chi connectivity index (χ2v) is 7.88. The number of piperidine rings is 1. The van der Waals surface area contributed by atoms with Crippen LogP contribution in [0.25, 0.3) is 11.1 Å². The van der Waals surface area contributed by atoms with E-state index < -0.39 is 0 Å². The van der Waals surface area contributed by atoms with E-state index in [1.165, 1.54) is 11.3 Å². The molecular weight excluding hydrogens is 362 g/mol. The molecule has 0 radical (unpaired) electrons. The molecule has 1 amide bonds. The number of anilines is 2. The highest BCUT2D eigenvalue weighted by molar-refractivity contribution is 7.15. The second kappa shape index (κ2) is 8.04. The highest BCUT2D eigenvalue weighted by Crippen LogP contribution is 2.27. The molecule has 7 nitrogen and oxygen atoms in total. The van der Waals surface area contributed by atoms with Gasteiger partial charge in [-0.25, -0.2) is 0 Å². The van der Waals surface area contributed by atoms with Gasteiger partial charge in [-0.3, -0.25) is 4.79 Å². The largest absolute Gasteiger partial charge is 0.423 e. The summed E-state index contributed by atoms with van der Waals surface area (Å²) in [6.07, 6.45) is 4.68. The molecule has 1 aromatic carbocycles. The average molecular weight is 385 g/mol. The number of hydrogen-bond donors (Lipinski definition) is 1. The fraction of sp³-hybridized carbons (Fsp3) is 0.474. The van der Waals surface area contributed by atoms with E-state index in [4.69, 9.17) is 4.42 Å². The molecular formula is C19H23N5O2S. The monoisotopic (exact) mass is 385 g/mol. The van der Waals surface area contributed by atoms with Crippen LogP contribution in [0.3, 0.4) is 0 Å². The lowest BCUT2D eigenvalue weighted by Gasteiger charge is -2.29. The maximum Gasteiger partial charge on any atom is 0.298 e. The van der Waals surface area contributed by atoms with E-state index >= 15 is 0 Å². The van der Waals surface area contributed by atoms with Crippen molar-refractivity contribution in [2.75, 3.05) is 23.3 Å². The normalized spacial score (nSPS) is 15.4. The number of nitrogens with one attached hydrogen (secondary N) is 1. The second-order valence-electron chi connectivity index (χ2n) is 6.82. The average Bonchev–Trinajstić information content (AvgIpc) is 3.33. The van der Waals surface area contributed by atoms with Gasteiger partial charge < -0.3 is 14.6 Å². The van der Waals surface area contributed by atoms with Crippen molar-refractivity contribution in [3.05, 3.63) is 29.3 Å². The van der Waals surface area contributed by atoms with Crippen LogP contribution < -0.4 is 10.2 Å². The van der Waals surface area contributed by atoms with Crippen LogP contribution in [0.2, 0.25) is 0 Å². The molecule has 27 heavy (non-hydrogen) atoms. The molecule has 1 fully saturated rings. The minimum atomic E-state index is -0.0198. The van der Waals surface area contributed by atoms with E-state index in [0.29, 0.717) is 11.1 Å². The van der Waals surface area contributed by atoms with Crippen LogP contribution in [0.5, 0.6) is 0 Å². The van der Waals surface area contributed by atoms with E-state index in [1.54, 1.807) is 0 Å². The van der Waals surface area contributed by atoms with Crippen LogP contribution >= 0.6 is 11.3 Å². The number of carbonyl (C=O) groups excluding carboxylic acids is 1. The number of hydrogen-bond acceptors (Lipinski definition) is 7. The Balaban J connectivity index is 1.31. The van der Waals surface area contributed by atoms with Gasteiger partial charge in [-0.1, -0.05) is 36.8 Å². The Morgan fingerprint density at radius 2 is 2.11 bits per heavy atom. The van der Waals surface area contributed by atoms with E-state index in [9.17, 15) is 4.79 Å². The molecule has 0 unspecified atom stereocenters. The van der Waals surface area contributed by atoms with Gasteiger partial charge in [0.05, 0.1) is 0 Å². The van der Waals surface area contributed by atoms with Gasteiger partial charge in [-0.15, -0.1) is 10.2 Å². The Bertz CT molecular complexity index is 881. The van der Waals surface area contributed by atoms with Crippen LogP contribution in [0.15, 0.2) is 28.7 Å². The lowest BCUT2D eigenvalue weighted by Crippen LogP contribution is -2.38. The topological polar surface area (TPSA) is 84.2 Å². The molecule has 1 N–H and O–H groups in total. The fourth-order valence-corrected chi connectivity index (χ4v) is 4.05. The van der Waals surface area contributed by atoms with Gasteiger partial charge in [0.15, 0.2) is 5.58 Å². The number of aromatic nitrogens is 3. The SMILES string of the molecule is CCCCc1nnc(NC(=O)C2CCN(c3nc4ccccc4o3)CC2)s1. The Kier molecular flexibility index (Phi) is 5.33. The summed E-state index contributed by atoms with van der Waals surface area (Å²) < 4.78 is 5.83. The predicted octanol–water partition coefficient (Wildman–Crippen LogP) is 3.88. The Morgan fingerprint density at radius 3 is 2.89 bits per heavy atom. The van der Waals surface area contributed by atoms with Crippen molar-refractivity contribution >= 4 is 39.5 Å². The molecule has 0 saturated carbocycles. The third-order valence-electron chi connectivity index (χ3n) is 4.86. The minimum absolute atomic E-state index is 0.0198. The zero-order chi connectivity index (χ0) is 18.6. The van der Waals surface area contributed by atoms with Crippen LogP contribution in [0.4, 0.5) is 11.1 Å². The summed E-state index contributed by atoms with van der Waals surface area (Å²) in [5.41, 5.74) is 1.66. The number of amides is 1. The molecule has 0 aliphatic carbocycles. The van der Waals surface area contributed by atoms with Gasteiger partial charge in [0.1, 0.15) is 10.5 Å². The van der Waals surface area contributed by atoms with Gasteiger partial charge in [0, 0.05) is 25.4 Å². The lowest BCUT2D eigenvalue weighted by atomic mass is 9.96. The molecule has 3 heterocycles. The van der Waals surface area contributed by atoms with E-state index in [1.807, 2.05) is 24.3 Å². The van der Waals surface area contributed by atoms with Crippen molar-refractivity contribution in [3.8, 4) is 0 Å². The van der Waals surface area contributed by atoms with E-state index in [2.05, 4.69) is 32.3 Å². The summed E-state index contributed by atoms with van der Waals surface area (Å²) in [5.74, 6) is 0.0130. The zero-order valence-electron chi connectivity index (χ0n) is 15.4. The number of para-hydroxylation sites is 2. The van der Waals surface area contributed by atoms with Crippen LogP contribution in [0.1, 0.15) is 37.6 Å². The number of rotatable bonds is 6. The Labute approximate surface area is 161 Å². The molecule has 0 spiro atoms. The summed E-state index contributed by atoms with van der Waals surface area (Å²) >= 11 is 1.48. The highest BCUT2D eigenvalue weighted by Gasteiger charge is 2.27. The van der Waals surface area contributed by atoms with Crippen LogP contribution in [0, 0.1) is 5.92 Å². The molecule has 1 aliphatic heterocycles. The maximum atomic E-state index is 12.5. The van der Waals surface area contributed by atoms with Crippen LogP contribution in [-0.2, 0) is 11.2 Å². The number of oxazole rings is 1. The smallest absolute Gasteiger partial charge is 0.298 e. The standard InChI is InChI=1S/C19H23N5O2S/c1-2-3-8-16-22-23-18(27-16)21-17(25)13-9-11-24(12-10-13)19-20-14-6-4-5-7-15(14)26-19/h4-7,13H,2-3,8-12H2,1H3,(H,21,23,25). The third-order valence-corrected chi connectivity index (χ3v) is 5.76. The zero-order valence-corrected chi connectivity index (χ0v) is 16.2. The molecule has 4 rings (SSSR count). The molecule has 0 atom stereocenters. The molecule has 0 bridgehead atoms. The van der Waals surface area contributed by atoms with Crippen molar-refractivity contribution in [3.63, 3.8) is 0 Å². The van der Waals surface area contributed by atoms with E-state index in [0.717, 1.165) is 61.3 Å². The molecule has 1 aliphatic rings. The van der Waals surface area contributed by atoms with Crippen molar-refractivity contribution in [1.82, 2.24) is 15.2 Å². The van der Waals surface area contributed by atoms with Gasteiger partial charge in [-0.05, 0) is 31.4 Å². The Hall–Kier alpha value is -2.48. The van der Waals surface area contributed by atoms with Gasteiger partial charge >= 0.3 is 0 Å². The first-order valence-corrected chi connectivity index (χ1v) is 10.3. The quantitative estimate of drug-likeness (QED) is 0.693. The summed E-state index contributed by atoms with van der Waals surface area (Å²) in [5, 5.41) is 12.8. The van der Waals surface area contributed by atoms with Crippen molar-refractivity contribution in [2.24, 2.45) is 5.92 Å². The van der Waals surface area contributed by atoms with E-state index in [-0.39, 0.29) is 11.8 Å². The highest BCUT2D eigenvalue weighted by atomic mass is 32.1. The number of unbranched alkanes of at least 4 members (excludes halogenated alkanes) is 1. The van der Waals surface area contributed by atoms with Crippen molar-refractivity contribution in [1.29, 1.82) is 0 Å². The summed E-state index contributed by atoms with van der Waals surface area (Å²) in [4.78, 5) is 19.2. The Morgan fingerprint density at radius 1 is 1.30 bits per heavy atom. The molecule has 2 aromatic heterocycles. The summed E-state index contributed by atoms with van der Waals surface area (Å²) in [7, 11) is 0. The third kappa shape index (κ3) is 4.10. The molecule has 8 heteroatoms. The summed E-state index contributed by atoms with van der Waals surface area (Å²) in [6, 6.07) is 8.39. The first-order chi connectivity index (χ1) is 13.2. The first kappa shape index (κ1) is 17.9. The molecule has 142 valence electrons. The molecule has 3 aromatic rings. The number of aryl methyl sites for hydroxylation is 1. The molecule has 1 saturated heterocycles. The number of carbonyl (C=O) groups is 1. The lowest BCUT2D eigenvalue weighted by molar-refractivity contribution is -0.120. The number of nitrogens with zero attached hydrogens (tertiary/aromatic N) is 4. The van der Waals surface area contributed by atoms with Crippen molar-refractivity contribution in [2.45, 2.75) is 39.0 Å². The fourth-order valence-electron chi connectivity index (χ4n) is 3.27. The number of benzene rings is 1. The van der Waals surface area contributed by atoms with Gasteiger partial charge in [0.2, 0.25) is 11.0 Å². The summed E-state index contributed by atoms with van der Waals surface area (Å²) in [6.45, 7) is 3.66. The van der Waals surface area contributed by atoms with Gasteiger partial charge in [0.25, 0.3) is 6.01 Å². The first-order valence-electron chi connectivity index (χ1n) is 9.46. The number of fused-ring (bicyclic) bond motifs is 1. The van der Waals surface area contributed by atoms with Gasteiger partial charge in [-0.2, -0.15) is 4.98 Å². The minimum Gasteiger partial charge on any atom is -0.423 e.